The Labute approximate surface area is 98.2 Å². The third-order valence-corrected chi connectivity index (χ3v) is 2.83. The van der Waals surface area contributed by atoms with Crippen molar-refractivity contribution < 1.29 is 9.31 Å². The zero-order valence-electron chi connectivity index (χ0n) is 9.28. The van der Waals surface area contributed by atoms with Crippen LogP contribution in [0.15, 0.2) is 18.2 Å². The maximum absolute atomic E-state index is 13.6. The number of hydrogen-bond donors (Lipinski definition) is 2. The van der Waals surface area contributed by atoms with E-state index in [1.807, 2.05) is 0 Å². The first-order valence-corrected chi connectivity index (χ1v) is 5.58. The number of halogens is 1. The van der Waals surface area contributed by atoms with Gasteiger partial charge in [-0.3, -0.25) is 10.1 Å². The Balaban J connectivity index is 2.21. The van der Waals surface area contributed by atoms with Crippen LogP contribution in [0, 0.1) is 15.9 Å². The van der Waals surface area contributed by atoms with E-state index in [0.29, 0.717) is 6.54 Å². The normalized spacial score (nSPS) is 19.9. The van der Waals surface area contributed by atoms with Crippen molar-refractivity contribution in [2.24, 2.45) is 0 Å². The van der Waals surface area contributed by atoms with Crippen molar-refractivity contribution in [3.63, 3.8) is 0 Å². The van der Waals surface area contributed by atoms with Gasteiger partial charge in [0.25, 0.3) is 5.69 Å². The number of rotatable bonds is 3. The van der Waals surface area contributed by atoms with E-state index in [1.54, 1.807) is 0 Å². The smallest absolute Gasteiger partial charge is 0.295 e. The fraction of sp³-hybridized carbons (Fsp3) is 0.455. The Kier molecular flexibility index (Phi) is 3.53. The number of anilines is 1. The quantitative estimate of drug-likeness (QED) is 0.624. The minimum absolute atomic E-state index is 0.00815. The van der Waals surface area contributed by atoms with Gasteiger partial charge >= 0.3 is 0 Å². The maximum atomic E-state index is 13.6. The Morgan fingerprint density at radius 1 is 1.53 bits per heavy atom. The highest BCUT2D eigenvalue weighted by Crippen LogP contribution is 2.28. The van der Waals surface area contributed by atoms with Crippen molar-refractivity contribution in [1.82, 2.24) is 5.32 Å². The van der Waals surface area contributed by atoms with Crippen molar-refractivity contribution in [3.8, 4) is 0 Å². The van der Waals surface area contributed by atoms with E-state index in [0.717, 1.165) is 19.4 Å². The Hall–Kier alpha value is -1.69. The Bertz CT molecular complexity index is 419. The topological polar surface area (TPSA) is 67.2 Å². The first-order valence-electron chi connectivity index (χ1n) is 5.58. The summed E-state index contributed by atoms with van der Waals surface area (Å²) in [4.78, 5) is 10.2. The number of hydrogen-bond acceptors (Lipinski definition) is 4. The zero-order valence-corrected chi connectivity index (χ0v) is 9.28. The number of nitro benzene ring substituents is 1. The summed E-state index contributed by atoms with van der Waals surface area (Å²) < 4.78 is 13.6. The molecule has 2 rings (SSSR count). The molecule has 0 aliphatic carbocycles. The van der Waals surface area contributed by atoms with Crippen LogP contribution >= 0.6 is 0 Å². The fourth-order valence-electron chi connectivity index (χ4n) is 1.99. The molecule has 1 aliphatic heterocycles. The van der Waals surface area contributed by atoms with Gasteiger partial charge < -0.3 is 10.6 Å². The van der Waals surface area contributed by atoms with Gasteiger partial charge in [-0.05, 0) is 25.5 Å². The molecule has 17 heavy (non-hydrogen) atoms. The van der Waals surface area contributed by atoms with Gasteiger partial charge in [0.15, 0.2) is 5.82 Å². The molecule has 2 N–H and O–H groups in total. The van der Waals surface area contributed by atoms with E-state index in [2.05, 4.69) is 10.6 Å². The first-order chi connectivity index (χ1) is 8.18. The molecule has 1 atom stereocenters. The van der Waals surface area contributed by atoms with E-state index < -0.39 is 10.7 Å². The minimum Gasteiger partial charge on any atom is -0.373 e. The number of para-hydroxylation sites is 1. The van der Waals surface area contributed by atoms with Crippen molar-refractivity contribution >= 4 is 11.4 Å². The summed E-state index contributed by atoms with van der Waals surface area (Å²) in [5.74, 6) is -0.579. The molecule has 5 nitrogen and oxygen atoms in total. The molecule has 1 saturated heterocycles. The van der Waals surface area contributed by atoms with E-state index in [9.17, 15) is 14.5 Å². The largest absolute Gasteiger partial charge is 0.373 e. The van der Waals surface area contributed by atoms with Gasteiger partial charge in [-0.15, -0.1) is 0 Å². The summed E-state index contributed by atoms with van der Waals surface area (Å²) in [6.07, 6.45) is 1.87. The van der Waals surface area contributed by atoms with E-state index in [1.165, 1.54) is 18.2 Å². The summed E-state index contributed by atoms with van der Waals surface area (Å²) in [5, 5.41) is 16.9. The van der Waals surface area contributed by atoms with Crippen LogP contribution in [-0.4, -0.2) is 24.1 Å². The highest BCUT2D eigenvalue weighted by atomic mass is 19.1. The van der Waals surface area contributed by atoms with Crippen LogP contribution in [0.5, 0.6) is 0 Å². The van der Waals surface area contributed by atoms with Gasteiger partial charge in [0.1, 0.15) is 5.69 Å². The molecule has 1 fully saturated rings. The highest BCUT2D eigenvalue weighted by Gasteiger charge is 2.21. The standard InChI is InChI=1S/C11H14FN3O2/c12-9-4-1-5-10(15(16)17)11(9)14-8-3-2-6-13-7-8/h1,4-5,8,13-14H,2-3,6-7H2. The second-order valence-electron chi connectivity index (χ2n) is 4.08. The number of nitro groups is 1. The summed E-state index contributed by atoms with van der Waals surface area (Å²) in [7, 11) is 0. The molecule has 1 aromatic carbocycles. The van der Waals surface area contributed by atoms with Crippen LogP contribution in [-0.2, 0) is 0 Å². The minimum atomic E-state index is -0.579. The second-order valence-corrected chi connectivity index (χ2v) is 4.08. The van der Waals surface area contributed by atoms with Crippen molar-refractivity contribution in [1.29, 1.82) is 0 Å². The molecule has 1 aromatic rings. The predicted octanol–water partition coefficient (Wildman–Crippen LogP) is 1.90. The number of nitrogens with one attached hydrogen (secondary N) is 2. The third-order valence-electron chi connectivity index (χ3n) is 2.83. The van der Waals surface area contributed by atoms with Crippen LogP contribution in [0.25, 0.3) is 0 Å². The molecule has 92 valence electrons. The van der Waals surface area contributed by atoms with Gasteiger partial charge in [0.2, 0.25) is 0 Å². The van der Waals surface area contributed by atoms with Crippen LogP contribution in [0.3, 0.4) is 0 Å². The summed E-state index contributed by atoms with van der Waals surface area (Å²) in [5.41, 5.74) is -0.221. The van der Waals surface area contributed by atoms with Crippen LogP contribution < -0.4 is 10.6 Å². The average Bonchev–Trinajstić information content (AvgIpc) is 2.33. The molecule has 0 saturated carbocycles. The average molecular weight is 239 g/mol. The molecule has 0 bridgehead atoms. The number of nitrogens with zero attached hydrogens (tertiary/aromatic N) is 1. The summed E-state index contributed by atoms with van der Waals surface area (Å²) >= 11 is 0. The highest BCUT2D eigenvalue weighted by molar-refractivity contribution is 5.62. The zero-order chi connectivity index (χ0) is 12.3. The van der Waals surface area contributed by atoms with E-state index >= 15 is 0 Å². The molecule has 1 aliphatic rings. The SMILES string of the molecule is O=[N+]([O-])c1cccc(F)c1NC1CCCNC1. The van der Waals surface area contributed by atoms with E-state index in [-0.39, 0.29) is 17.4 Å². The lowest BCUT2D eigenvalue weighted by Crippen LogP contribution is -2.38. The molecule has 1 unspecified atom stereocenters. The van der Waals surface area contributed by atoms with Crippen LogP contribution in [0.1, 0.15) is 12.8 Å². The number of piperidine rings is 1. The molecular formula is C11H14FN3O2. The molecule has 0 radical (unpaired) electrons. The first kappa shape index (κ1) is 11.8. The lowest BCUT2D eigenvalue weighted by Gasteiger charge is -2.24. The van der Waals surface area contributed by atoms with E-state index in [4.69, 9.17) is 0 Å². The second kappa shape index (κ2) is 5.09. The van der Waals surface area contributed by atoms with Crippen molar-refractivity contribution in [3.05, 3.63) is 34.1 Å². The summed E-state index contributed by atoms with van der Waals surface area (Å²) in [6.45, 7) is 1.64. The molecule has 0 aromatic heterocycles. The molecule has 6 heteroatoms. The maximum Gasteiger partial charge on any atom is 0.295 e. The lowest BCUT2D eigenvalue weighted by atomic mass is 10.1. The molecule has 0 spiro atoms. The lowest BCUT2D eigenvalue weighted by molar-refractivity contribution is -0.384. The van der Waals surface area contributed by atoms with Crippen LogP contribution in [0.4, 0.5) is 15.8 Å². The Morgan fingerprint density at radius 2 is 2.35 bits per heavy atom. The third kappa shape index (κ3) is 2.71. The van der Waals surface area contributed by atoms with Gasteiger partial charge in [-0.2, -0.15) is 0 Å². The molecule has 1 heterocycles. The van der Waals surface area contributed by atoms with Gasteiger partial charge in [-0.1, -0.05) is 6.07 Å². The van der Waals surface area contributed by atoms with Crippen LogP contribution in [0.2, 0.25) is 0 Å². The molecule has 0 amide bonds. The van der Waals surface area contributed by atoms with Crippen molar-refractivity contribution in [2.45, 2.75) is 18.9 Å². The van der Waals surface area contributed by atoms with Gasteiger partial charge in [0, 0.05) is 18.7 Å². The molecular weight excluding hydrogens is 225 g/mol. The van der Waals surface area contributed by atoms with Gasteiger partial charge in [0.05, 0.1) is 4.92 Å². The fourth-order valence-corrected chi connectivity index (χ4v) is 1.99. The monoisotopic (exact) mass is 239 g/mol. The summed E-state index contributed by atoms with van der Waals surface area (Å²) in [6, 6.07) is 3.92. The van der Waals surface area contributed by atoms with Gasteiger partial charge in [-0.25, -0.2) is 4.39 Å². The predicted molar refractivity (Wildman–Crippen MR) is 62.6 cm³/mol. The Morgan fingerprint density at radius 3 is 3.00 bits per heavy atom. The number of benzene rings is 1. The van der Waals surface area contributed by atoms with Crippen molar-refractivity contribution in [2.75, 3.05) is 18.4 Å².